The normalized spacial score (nSPS) is 15.5. The number of esters is 1. The lowest BCUT2D eigenvalue weighted by Gasteiger charge is -2.34. The molecule has 1 unspecified atom stereocenters. The van der Waals surface area contributed by atoms with Crippen molar-refractivity contribution < 1.29 is 23.9 Å². The van der Waals surface area contributed by atoms with Crippen LogP contribution in [0, 0.1) is 0 Å². The molecule has 0 aliphatic carbocycles. The number of ether oxygens (including phenoxy) is 2. The lowest BCUT2D eigenvalue weighted by molar-refractivity contribution is -0.147. The van der Waals surface area contributed by atoms with Crippen LogP contribution >= 0.6 is 0 Å². The number of hydrogen-bond donors (Lipinski definition) is 1. The van der Waals surface area contributed by atoms with Gasteiger partial charge in [-0.2, -0.15) is 0 Å². The molecule has 7 heteroatoms. The number of amides is 2. The van der Waals surface area contributed by atoms with Gasteiger partial charge in [0.2, 0.25) is 5.91 Å². The maximum atomic E-state index is 13.1. The molecule has 0 bridgehead atoms. The van der Waals surface area contributed by atoms with Crippen molar-refractivity contribution in [3.63, 3.8) is 0 Å². The summed E-state index contributed by atoms with van der Waals surface area (Å²) >= 11 is 0. The van der Waals surface area contributed by atoms with Crippen LogP contribution in [-0.4, -0.2) is 55.0 Å². The highest BCUT2D eigenvalue weighted by atomic mass is 16.5. The number of piperazine rings is 1. The third-order valence-corrected chi connectivity index (χ3v) is 5.25. The zero-order valence-electron chi connectivity index (χ0n) is 18.9. The third-order valence-electron chi connectivity index (χ3n) is 5.25. The topological polar surface area (TPSA) is 84.9 Å². The summed E-state index contributed by atoms with van der Waals surface area (Å²) < 4.78 is 10.9. The molecule has 1 N–H and O–H groups in total. The summed E-state index contributed by atoms with van der Waals surface area (Å²) in [5, 5.41) is 2.73. The number of nitrogens with one attached hydrogen (secondary N) is 1. The van der Waals surface area contributed by atoms with Crippen LogP contribution in [-0.2, 0) is 20.7 Å². The first kappa shape index (κ1) is 24.0. The van der Waals surface area contributed by atoms with Crippen molar-refractivity contribution in [2.24, 2.45) is 0 Å². The smallest absolute Gasteiger partial charge is 0.308 e. The molecule has 2 amide bonds. The standard InChI is InChI=1S/C26H30N2O5/c1-19(2)18-33-22-12-10-21(11-13-22)26(31)28-15-14-27-25(30)23(28)17-24(29)32-16-6-9-20-7-4-3-5-8-20/h3-5,7-8,10-13,23H,1,6,9,14-18H2,2H3,(H,27,30). The summed E-state index contributed by atoms with van der Waals surface area (Å²) in [4.78, 5) is 39.3. The second-order valence-electron chi connectivity index (χ2n) is 8.09. The van der Waals surface area contributed by atoms with Crippen molar-refractivity contribution in [1.82, 2.24) is 10.2 Å². The molecule has 1 atom stereocenters. The van der Waals surface area contributed by atoms with Crippen LogP contribution in [0.1, 0.15) is 35.7 Å². The van der Waals surface area contributed by atoms with E-state index in [0.29, 0.717) is 37.4 Å². The molecular formula is C26H30N2O5. The number of hydrogen-bond acceptors (Lipinski definition) is 5. The zero-order valence-corrected chi connectivity index (χ0v) is 18.9. The van der Waals surface area contributed by atoms with E-state index >= 15 is 0 Å². The van der Waals surface area contributed by atoms with Crippen LogP contribution in [0.4, 0.5) is 0 Å². The summed E-state index contributed by atoms with van der Waals surface area (Å²) in [6.07, 6.45) is 1.31. The number of rotatable bonds is 10. The summed E-state index contributed by atoms with van der Waals surface area (Å²) in [6.45, 7) is 6.99. The number of nitrogens with zero attached hydrogens (tertiary/aromatic N) is 1. The molecule has 3 rings (SSSR count). The molecule has 0 radical (unpaired) electrons. The molecule has 174 valence electrons. The van der Waals surface area contributed by atoms with Gasteiger partial charge in [-0.3, -0.25) is 14.4 Å². The Kier molecular flexibility index (Phi) is 8.63. The Labute approximate surface area is 194 Å². The van der Waals surface area contributed by atoms with E-state index in [1.165, 1.54) is 10.5 Å². The Morgan fingerprint density at radius 3 is 2.55 bits per heavy atom. The lowest BCUT2D eigenvalue weighted by Crippen LogP contribution is -2.57. The van der Waals surface area contributed by atoms with Crippen molar-refractivity contribution in [1.29, 1.82) is 0 Å². The Morgan fingerprint density at radius 1 is 1.12 bits per heavy atom. The van der Waals surface area contributed by atoms with Gasteiger partial charge in [-0.1, -0.05) is 36.9 Å². The van der Waals surface area contributed by atoms with Gasteiger partial charge in [0.15, 0.2) is 0 Å². The largest absolute Gasteiger partial charge is 0.489 e. The van der Waals surface area contributed by atoms with Gasteiger partial charge in [-0.15, -0.1) is 0 Å². The molecule has 0 saturated carbocycles. The van der Waals surface area contributed by atoms with Crippen molar-refractivity contribution >= 4 is 17.8 Å². The zero-order chi connectivity index (χ0) is 23.6. The van der Waals surface area contributed by atoms with Gasteiger partial charge < -0.3 is 19.7 Å². The van der Waals surface area contributed by atoms with Gasteiger partial charge in [0.25, 0.3) is 5.91 Å². The fourth-order valence-electron chi connectivity index (χ4n) is 3.55. The number of benzene rings is 2. The number of aryl methyl sites for hydroxylation is 1. The van der Waals surface area contributed by atoms with Crippen LogP contribution in [0.3, 0.4) is 0 Å². The predicted molar refractivity (Wildman–Crippen MR) is 125 cm³/mol. The van der Waals surface area contributed by atoms with E-state index in [1.807, 2.05) is 37.3 Å². The van der Waals surface area contributed by atoms with Gasteiger partial charge in [0.1, 0.15) is 18.4 Å². The summed E-state index contributed by atoms with van der Waals surface area (Å²) in [5.41, 5.74) is 2.49. The highest BCUT2D eigenvalue weighted by Crippen LogP contribution is 2.18. The first-order valence-electron chi connectivity index (χ1n) is 11.1. The maximum Gasteiger partial charge on any atom is 0.308 e. The van der Waals surface area contributed by atoms with E-state index in [9.17, 15) is 14.4 Å². The van der Waals surface area contributed by atoms with Gasteiger partial charge in [-0.05, 0) is 55.2 Å². The second-order valence-corrected chi connectivity index (χ2v) is 8.09. The minimum atomic E-state index is -0.896. The van der Waals surface area contributed by atoms with Crippen molar-refractivity contribution in [2.45, 2.75) is 32.2 Å². The quantitative estimate of drug-likeness (QED) is 0.342. The van der Waals surface area contributed by atoms with E-state index in [1.54, 1.807) is 24.3 Å². The Balaban J connectivity index is 1.54. The maximum absolute atomic E-state index is 13.1. The van der Waals surface area contributed by atoms with Crippen molar-refractivity contribution in [3.05, 3.63) is 77.9 Å². The second kappa shape index (κ2) is 11.9. The summed E-state index contributed by atoms with van der Waals surface area (Å²) in [6, 6.07) is 15.8. The average molecular weight is 451 g/mol. The molecule has 0 spiro atoms. The van der Waals surface area contributed by atoms with E-state index in [-0.39, 0.29) is 24.8 Å². The van der Waals surface area contributed by atoms with Crippen LogP contribution in [0.25, 0.3) is 0 Å². The van der Waals surface area contributed by atoms with Gasteiger partial charge in [-0.25, -0.2) is 0 Å². The van der Waals surface area contributed by atoms with Gasteiger partial charge in [0.05, 0.1) is 13.0 Å². The monoisotopic (exact) mass is 450 g/mol. The summed E-state index contributed by atoms with van der Waals surface area (Å²) in [7, 11) is 0. The van der Waals surface area contributed by atoms with Gasteiger partial charge >= 0.3 is 5.97 Å². The molecule has 1 aliphatic rings. The fourth-order valence-corrected chi connectivity index (χ4v) is 3.55. The number of carbonyl (C=O) groups is 3. The highest BCUT2D eigenvalue weighted by Gasteiger charge is 2.35. The first-order chi connectivity index (χ1) is 15.9. The Morgan fingerprint density at radius 2 is 1.85 bits per heavy atom. The molecule has 1 aliphatic heterocycles. The van der Waals surface area contributed by atoms with Crippen LogP contribution in [0.15, 0.2) is 66.7 Å². The van der Waals surface area contributed by atoms with E-state index in [2.05, 4.69) is 11.9 Å². The lowest BCUT2D eigenvalue weighted by atomic mass is 10.1. The minimum Gasteiger partial charge on any atom is -0.489 e. The molecule has 1 fully saturated rings. The first-order valence-corrected chi connectivity index (χ1v) is 11.1. The molecule has 2 aromatic rings. The number of carbonyl (C=O) groups excluding carboxylic acids is 3. The molecule has 0 aromatic heterocycles. The van der Waals surface area contributed by atoms with E-state index < -0.39 is 12.0 Å². The van der Waals surface area contributed by atoms with Crippen molar-refractivity contribution in [3.8, 4) is 5.75 Å². The van der Waals surface area contributed by atoms with Crippen LogP contribution in [0.5, 0.6) is 5.75 Å². The molecule has 7 nitrogen and oxygen atoms in total. The Bertz CT molecular complexity index is 972. The highest BCUT2D eigenvalue weighted by molar-refractivity contribution is 5.99. The third kappa shape index (κ3) is 7.20. The van der Waals surface area contributed by atoms with E-state index in [4.69, 9.17) is 9.47 Å². The average Bonchev–Trinajstić information content (AvgIpc) is 2.82. The predicted octanol–water partition coefficient (Wildman–Crippen LogP) is 3.15. The van der Waals surface area contributed by atoms with Gasteiger partial charge in [0, 0.05) is 18.7 Å². The molecule has 1 heterocycles. The Hall–Kier alpha value is -3.61. The summed E-state index contributed by atoms with van der Waals surface area (Å²) in [5.74, 6) is -0.525. The molecule has 1 saturated heterocycles. The van der Waals surface area contributed by atoms with Crippen LogP contribution < -0.4 is 10.1 Å². The molecule has 33 heavy (non-hydrogen) atoms. The van der Waals surface area contributed by atoms with Crippen molar-refractivity contribution in [2.75, 3.05) is 26.3 Å². The fraction of sp³-hybridized carbons (Fsp3) is 0.346. The molecular weight excluding hydrogens is 420 g/mol. The SMILES string of the molecule is C=C(C)COc1ccc(C(=O)N2CCNC(=O)C2CC(=O)OCCCc2ccccc2)cc1. The van der Waals surface area contributed by atoms with Crippen LogP contribution in [0.2, 0.25) is 0 Å². The van der Waals surface area contributed by atoms with E-state index in [0.717, 1.165) is 12.0 Å². The minimum absolute atomic E-state index is 0.178. The molecule has 2 aromatic carbocycles.